The van der Waals surface area contributed by atoms with E-state index >= 15 is 0 Å². The van der Waals surface area contributed by atoms with E-state index in [0.29, 0.717) is 6.54 Å². The van der Waals surface area contributed by atoms with Gasteiger partial charge in [-0.3, -0.25) is 4.79 Å². The molecule has 120 valence electrons. The van der Waals surface area contributed by atoms with Crippen LogP contribution in [0.3, 0.4) is 0 Å². The van der Waals surface area contributed by atoms with Gasteiger partial charge in [0.1, 0.15) is 5.82 Å². The number of piperidine rings is 1. The maximum Gasteiger partial charge on any atom is 0.254 e. The van der Waals surface area contributed by atoms with Gasteiger partial charge in [0.05, 0.1) is 5.56 Å². The van der Waals surface area contributed by atoms with Crippen molar-refractivity contribution in [1.82, 2.24) is 5.32 Å². The van der Waals surface area contributed by atoms with Crippen LogP contribution in [0.2, 0.25) is 0 Å². The zero-order chi connectivity index (χ0) is 16.1. The van der Waals surface area contributed by atoms with Crippen LogP contribution in [0.5, 0.6) is 0 Å². The molecule has 0 aliphatic carbocycles. The largest absolute Gasteiger partial charge is 0.372 e. The molecule has 1 heterocycles. The Morgan fingerprint density at radius 1 is 1.00 bits per heavy atom. The first-order chi connectivity index (χ1) is 11.2. The molecule has 1 aliphatic heterocycles. The number of benzene rings is 2. The number of hydrogen-bond donors (Lipinski definition) is 1. The second kappa shape index (κ2) is 7.27. The number of carbonyl (C=O) groups excluding carboxylic acids is 1. The number of nitrogens with zero attached hydrogens (tertiary/aromatic N) is 1. The van der Waals surface area contributed by atoms with Gasteiger partial charge in [-0.15, -0.1) is 0 Å². The third-order valence-corrected chi connectivity index (χ3v) is 4.23. The molecule has 1 saturated heterocycles. The Balaban J connectivity index is 1.58. The van der Waals surface area contributed by atoms with Crippen molar-refractivity contribution in [1.29, 1.82) is 0 Å². The topological polar surface area (TPSA) is 32.3 Å². The van der Waals surface area contributed by atoms with Crippen molar-refractivity contribution >= 4 is 11.6 Å². The Morgan fingerprint density at radius 3 is 2.39 bits per heavy atom. The second-order valence-electron chi connectivity index (χ2n) is 5.88. The SMILES string of the molecule is O=C(NCc1ccc(N2CCCCC2)cc1)c1ccccc1F. The number of amides is 1. The summed E-state index contributed by atoms with van der Waals surface area (Å²) in [7, 11) is 0. The van der Waals surface area contributed by atoms with Gasteiger partial charge in [0, 0.05) is 25.3 Å². The average molecular weight is 312 g/mol. The molecule has 1 amide bonds. The van der Waals surface area contributed by atoms with Crippen LogP contribution in [-0.2, 0) is 6.54 Å². The van der Waals surface area contributed by atoms with Crippen molar-refractivity contribution in [3.8, 4) is 0 Å². The van der Waals surface area contributed by atoms with Crippen molar-refractivity contribution < 1.29 is 9.18 Å². The Hall–Kier alpha value is -2.36. The molecule has 3 nitrogen and oxygen atoms in total. The van der Waals surface area contributed by atoms with Crippen molar-refractivity contribution in [3.63, 3.8) is 0 Å². The molecular formula is C19H21FN2O. The van der Waals surface area contributed by atoms with Gasteiger partial charge >= 0.3 is 0 Å². The molecule has 0 saturated carbocycles. The molecule has 1 fully saturated rings. The van der Waals surface area contributed by atoms with E-state index < -0.39 is 5.82 Å². The number of nitrogens with one attached hydrogen (secondary N) is 1. The molecule has 0 aromatic heterocycles. The van der Waals surface area contributed by atoms with Crippen LogP contribution in [-0.4, -0.2) is 19.0 Å². The molecular weight excluding hydrogens is 291 g/mol. The Bertz CT molecular complexity index is 663. The first-order valence-electron chi connectivity index (χ1n) is 8.10. The summed E-state index contributed by atoms with van der Waals surface area (Å²) in [5, 5.41) is 2.76. The Labute approximate surface area is 136 Å². The normalized spacial score (nSPS) is 14.6. The number of rotatable bonds is 4. The molecule has 0 unspecified atom stereocenters. The van der Waals surface area contributed by atoms with E-state index in [0.717, 1.165) is 18.7 Å². The van der Waals surface area contributed by atoms with E-state index in [1.807, 2.05) is 12.1 Å². The highest BCUT2D eigenvalue weighted by Gasteiger charge is 2.12. The molecule has 4 heteroatoms. The fraction of sp³-hybridized carbons (Fsp3) is 0.316. The fourth-order valence-electron chi connectivity index (χ4n) is 2.90. The molecule has 1 aliphatic rings. The van der Waals surface area contributed by atoms with Crippen molar-refractivity contribution in [2.75, 3.05) is 18.0 Å². The van der Waals surface area contributed by atoms with Crippen LogP contribution in [0.25, 0.3) is 0 Å². The maximum atomic E-state index is 13.6. The molecule has 0 radical (unpaired) electrons. The summed E-state index contributed by atoms with van der Waals surface area (Å²) in [4.78, 5) is 14.4. The minimum atomic E-state index is -0.495. The quantitative estimate of drug-likeness (QED) is 0.932. The molecule has 0 bridgehead atoms. The molecule has 0 spiro atoms. The van der Waals surface area contributed by atoms with Crippen molar-refractivity contribution in [2.45, 2.75) is 25.8 Å². The minimum absolute atomic E-state index is 0.0810. The van der Waals surface area contributed by atoms with Crippen molar-refractivity contribution in [3.05, 3.63) is 65.5 Å². The maximum absolute atomic E-state index is 13.6. The lowest BCUT2D eigenvalue weighted by molar-refractivity contribution is 0.0947. The van der Waals surface area contributed by atoms with Gasteiger partial charge in [-0.05, 0) is 49.1 Å². The lowest BCUT2D eigenvalue weighted by Gasteiger charge is -2.28. The third-order valence-electron chi connectivity index (χ3n) is 4.23. The summed E-state index contributed by atoms with van der Waals surface area (Å²) in [5.74, 6) is -0.881. The zero-order valence-electron chi connectivity index (χ0n) is 13.1. The van der Waals surface area contributed by atoms with E-state index in [1.54, 1.807) is 12.1 Å². The summed E-state index contributed by atoms with van der Waals surface area (Å²) in [6.07, 6.45) is 3.82. The number of halogens is 1. The van der Waals surface area contributed by atoms with Crippen LogP contribution < -0.4 is 10.2 Å². The Morgan fingerprint density at radius 2 is 1.70 bits per heavy atom. The summed E-state index contributed by atoms with van der Waals surface area (Å²) in [6, 6.07) is 14.2. The summed E-state index contributed by atoms with van der Waals surface area (Å²) < 4.78 is 13.6. The minimum Gasteiger partial charge on any atom is -0.372 e. The molecule has 3 rings (SSSR count). The van der Waals surface area contributed by atoms with Crippen molar-refractivity contribution in [2.24, 2.45) is 0 Å². The summed E-state index contributed by atoms with van der Waals surface area (Å²) in [6.45, 7) is 2.63. The molecule has 2 aromatic carbocycles. The summed E-state index contributed by atoms with van der Waals surface area (Å²) in [5.41, 5.74) is 2.32. The highest BCUT2D eigenvalue weighted by Crippen LogP contribution is 2.20. The number of carbonyl (C=O) groups is 1. The van der Waals surface area contributed by atoms with Crippen LogP contribution >= 0.6 is 0 Å². The summed E-state index contributed by atoms with van der Waals surface area (Å²) >= 11 is 0. The number of hydrogen-bond acceptors (Lipinski definition) is 2. The standard InChI is InChI=1S/C19H21FN2O/c20-18-7-3-2-6-17(18)19(23)21-14-15-8-10-16(11-9-15)22-12-4-1-5-13-22/h2-3,6-11H,1,4-5,12-14H2,(H,21,23). The van der Waals surface area contributed by atoms with Gasteiger partial charge in [0.2, 0.25) is 0 Å². The van der Waals surface area contributed by atoms with Gasteiger partial charge in [0.25, 0.3) is 5.91 Å². The molecule has 1 N–H and O–H groups in total. The van der Waals surface area contributed by atoms with Crippen LogP contribution in [0.15, 0.2) is 48.5 Å². The van der Waals surface area contributed by atoms with Gasteiger partial charge < -0.3 is 10.2 Å². The van der Waals surface area contributed by atoms with Crippen LogP contribution in [0.4, 0.5) is 10.1 Å². The molecule has 23 heavy (non-hydrogen) atoms. The van der Waals surface area contributed by atoms with Gasteiger partial charge in [-0.2, -0.15) is 0 Å². The monoisotopic (exact) mass is 312 g/mol. The van der Waals surface area contributed by atoms with Crippen LogP contribution in [0, 0.1) is 5.82 Å². The van der Waals surface area contributed by atoms with E-state index in [9.17, 15) is 9.18 Å². The lowest BCUT2D eigenvalue weighted by Crippen LogP contribution is -2.29. The lowest BCUT2D eigenvalue weighted by atomic mass is 10.1. The van der Waals surface area contributed by atoms with Gasteiger partial charge in [-0.25, -0.2) is 4.39 Å². The average Bonchev–Trinajstić information content (AvgIpc) is 2.61. The predicted octanol–water partition coefficient (Wildman–Crippen LogP) is 3.75. The van der Waals surface area contributed by atoms with E-state index in [-0.39, 0.29) is 11.5 Å². The third kappa shape index (κ3) is 3.89. The number of anilines is 1. The smallest absolute Gasteiger partial charge is 0.254 e. The molecule has 2 aromatic rings. The predicted molar refractivity (Wildman–Crippen MR) is 90.1 cm³/mol. The van der Waals surface area contributed by atoms with E-state index in [1.165, 1.54) is 37.1 Å². The first kappa shape index (κ1) is 15.5. The fourth-order valence-corrected chi connectivity index (χ4v) is 2.90. The second-order valence-corrected chi connectivity index (χ2v) is 5.88. The Kier molecular flexibility index (Phi) is 4.91. The van der Waals surface area contributed by atoms with Gasteiger partial charge in [0.15, 0.2) is 0 Å². The van der Waals surface area contributed by atoms with E-state index in [2.05, 4.69) is 22.3 Å². The molecule has 0 atom stereocenters. The highest BCUT2D eigenvalue weighted by atomic mass is 19.1. The highest BCUT2D eigenvalue weighted by molar-refractivity contribution is 5.94. The first-order valence-corrected chi connectivity index (χ1v) is 8.10. The zero-order valence-corrected chi connectivity index (χ0v) is 13.1. The van der Waals surface area contributed by atoms with E-state index in [4.69, 9.17) is 0 Å². The van der Waals surface area contributed by atoms with Crippen LogP contribution in [0.1, 0.15) is 35.2 Å². The van der Waals surface area contributed by atoms with Gasteiger partial charge in [-0.1, -0.05) is 24.3 Å².